The van der Waals surface area contributed by atoms with Crippen LogP contribution in [0.25, 0.3) is 11.1 Å². The predicted octanol–water partition coefficient (Wildman–Crippen LogP) is 6.23. The van der Waals surface area contributed by atoms with Gasteiger partial charge in [-0.05, 0) is 57.3 Å². The van der Waals surface area contributed by atoms with Crippen LogP contribution in [0.15, 0.2) is 66.7 Å². The van der Waals surface area contributed by atoms with Crippen molar-refractivity contribution >= 4 is 11.9 Å². The number of nitrogens with zero attached hydrogens (tertiary/aromatic N) is 1. The summed E-state index contributed by atoms with van der Waals surface area (Å²) < 4.78 is 0. The van der Waals surface area contributed by atoms with Crippen LogP contribution >= 0.6 is 0 Å². The summed E-state index contributed by atoms with van der Waals surface area (Å²) in [7, 11) is 4.08. The molecule has 0 aliphatic heterocycles. The minimum absolute atomic E-state index is 0.0487. The van der Waals surface area contributed by atoms with Crippen LogP contribution in [0.4, 0.5) is 5.69 Å². The molecular weight excluding hydrogens is 340 g/mol. The quantitative estimate of drug-likeness (QED) is 0.531. The maximum Gasteiger partial charge on any atom is 0.0367 e. The normalized spacial score (nSPS) is 13.1. The van der Waals surface area contributed by atoms with Crippen LogP contribution in [-0.2, 0) is 5.41 Å². The molecule has 1 aliphatic rings. The number of nitrogens with one attached hydrogen (secondary N) is 1. The molecule has 142 valence electrons. The zero-order valence-corrected chi connectivity index (χ0v) is 17.2. The number of rotatable bonds is 5. The van der Waals surface area contributed by atoms with Gasteiger partial charge in [-0.15, -0.1) is 0 Å². The Hall–Kier alpha value is -2.87. The fraction of sp³-hybridized carbons (Fsp3) is 0.269. The van der Waals surface area contributed by atoms with Gasteiger partial charge in [0, 0.05) is 31.9 Å². The van der Waals surface area contributed by atoms with Gasteiger partial charge in [-0.2, -0.15) is 0 Å². The molecule has 0 saturated heterocycles. The molecule has 0 bridgehead atoms. The molecular formula is C26H28N2. The maximum absolute atomic E-state index is 7.98. The van der Waals surface area contributed by atoms with Crippen molar-refractivity contribution in [3.63, 3.8) is 0 Å². The summed E-state index contributed by atoms with van der Waals surface area (Å²) in [5.74, 6) is 0.384. The van der Waals surface area contributed by atoms with Gasteiger partial charge in [-0.3, -0.25) is 0 Å². The zero-order valence-electron chi connectivity index (χ0n) is 17.2. The number of fused-ring (bicyclic) bond motifs is 3. The van der Waals surface area contributed by atoms with E-state index in [2.05, 4.69) is 85.5 Å². The van der Waals surface area contributed by atoms with Crippen LogP contribution in [0.1, 0.15) is 48.4 Å². The number of anilines is 1. The van der Waals surface area contributed by atoms with Gasteiger partial charge in [0.2, 0.25) is 0 Å². The molecule has 3 aromatic rings. The molecule has 2 heteroatoms. The second-order valence-corrected chi connectivity index (χ2v) is 8.63. The van der Waals surface area contributed by atoms with Gasteiger partial charge < -0.3 is 10.3 Å². The monoisotopic (exact) mass is 368 g/mol. The summed E-state index contributed by atoms with van der Waals surface area (Å²) in [6, 6.07) is 24.1. The Bertz CT molecular complexity index is 985. The molecule has 28 heavy (non-hydrogen) atoms. The largest absolute Gasteiger partial charge is 0.378 e. The Morgan fingerprint density at radius 1 is 0.893 bits per heavy atom. The molecule has 2 nitrogen and oxygen atoms in total. The smallest absolute Gasteiger partial charge is 0.0367 e. The summed E-state index contributed by atoms with van der Waals surface area (Å²) in [5, 5.41) is 7.98. The van der Waals surface area contributed by atoms with Gasteiger partial charge in [0.15, 0.2) is 0 Å². The number of hydrogen-bond acceptors (Lipinski definition) is 2. The van der Waals surface area contributed by atoms with Crippen molar-refractivity contribution < 1.29 is 0 Å². The Balaban J connectivity index is 1.76. The van der Waals surface area contributed by atoms with E-state index in [0.29, 0.717) is 5.92 Å². The minimum atomic E-state index is -0.0487. The molecule has 3 aromatic carbocycles. The van der Waals surface area contributed by atoms with E-state index in [0.717, 1.165) is 17.7 Å². The fourth-order valence-electron chi connectivity index (χ4n) is 4.66. The van der Waals surface area contributed by atoms with Crippen molar-refractivity contribution in [3.8, 4) is 11.1 Å². The number of hydrogen-bond donors (Lipinski definition) is 1. The molecule has 0 amide bonds. The van der Waals surface area contributed by atoms with Gasteiger partial charge in [-0.25, -0.2) is 0 Å². The average molecular weight is 369 g/mol. The van der Waals surface area contributed by atoms with Crippen LogP contribution in [0, 0.1) is 5.41 Å². The van der Waals surface area contributed by atoms with Crippen LogP contribution in [0.2, 0.25) is 0 Å². The zero-order chi connectivity index (χ0) is 19.9. The lowest BCUT2D eigenvalue weighted by atomic mass is 9.73. The molecule has 0 heterocycles. The maximum atomic E-state index is 7.98. The van der Waals surface area contributed by atoms with Crippen molar-refractivity contribution in [2.45, 2.75) is 31.6 Å². The third-order valence-corrected chi connectivity index (χ3v) is 6.11. The molecule has 0 spiro atoms. The standard InChI is InChI=1S/C26H28N2/c1-26(2,25-14-13-19(28(3)4)15-18(25)17-27)16-24-22-11-7-5-9-20(22)21-10-6-8-12-23(21)24/h5-15,17,24,27H,16H2,1-4H3. The highest BCUT2D eigenvalue weighted by Crippen LogP contribution is 2.49. The Morgan fingerprint density at radius 3 is 2.00 bits per heavy atom. The van der Waals surface area contributed by atoms with E-state index in [1.807, 2.05) is 14.1 Å². The summed E-state index contributed by atoms with van der Waals surface area (Å²) >= 11 is 0. The molecule has 1 N–H and O–H groups in total. The molecule has 0 unspecified atom stereocenters. The van der Waals surface area contributed by atoms with E-state index in [1.165, 1.54) is 34.0 Å². The molecule has 1 aliphatic carbocycles. The van der Waals surface area contributed by atoms with Gasteiger partial charge in [0.25, 0.3) is 0 Å². The Morgan fingerprint density at radius 2 is 1.46 bits per heavy atom. The lowest BCUT2D eigenvalue weighted by molar-refractivity contribution is 0.453. The molecule has 0 aromatic heterocycles. The Labute approximate surface area is 168 Å². The van der Waals surface area contributed by atoms with Gasteiger partial charge in [0.05, 0.1) is 0 Å². The predicted molar refractivity (Wildman–Crippen MR) is 120 cm³/mol. The Kier molecular flexibility index (Phi) is 4.58. The molecule has 4 rings (SSSR count). The van der Waals surface area contributed by atoms with Gasteiger partial charge in [-0.1, -0.05) is 68.4 Å². The molecule has 0 atom stereocenters. The topological polar surface area (TPSA) is 27.1 Å². The highest BCUT2D eigenvalue weighted by Gasteiger charge is 2.34. The third kappa shape index (κ3) is 3.03. The van der Waals surface area contributed by atoms with E-state index in [-0.39, 0.29) is 5.41 Å². The van der Waals surface area contributed by atoms with Crippen molar-refractivity contribution in [1.82, 2.24) is 0 Å². The molecule has 0 radical (unpaired) electrons. The highest BCUT2D eigenvalue weighted by molar-refractivity contribution is 5.82. The van der Waals surface area contributed by atoms with Crippen LogP contribution < -0.4 is 4.90 Å². The first-order chi connectivity index (χ1) is 13.4. The summed E-state index contributed by atoms with van der Waals surface area (Å²) in [6.45, 7) is 4.63. The van der Waals surface area contributed by atoms with E-state index < -0.39 is 0 Å². The SMILES string of the molecule is CN(C)c1ccc(C(C)(C)CC2c3ccccc3-c3ccccc32)c(C=N)c1. The second kappa shape index (κ2) is 6.94. The van der Waals surface area contributed by atoms with Gasteiger partial charge >= 0.3 is 0 Å². The summed E-state index contributed by atoms with van der Waals surface area (Å²) in [5.41, 5.74) is 8.94. The van der Waals surface area contributed by atoms with E-state index in [1.54, 1.807) is 0 Å². The summed E-state index contributed by atoms with van der Waals surface area (Å²) in [6.07, 6.45) is 2.52. The fourth-order valence-corrected chi connectivity index (χ4v) is 4.66. The van der Waals surface area contributed by atoms with E-state index in [4.69, 9.17) is 5.41 Å². The van der Waals surface area contributed by atoms with Crippen LogP contribution in [0.3, 0.4) is 0 Å². The minimum Gasteiger partial charge on any atom is -0.378 e. The second-order valence-electron chi connectivity index (χ2n) is 8.63. The van der Waals surface area contributed by atoms with Crippen LogP contribution in [-0.4, -0.2) is 20.3 Å². The van der Waals surface area contributed by atoms with Crippen molar-refractivity contribution in [3.05, 3.63) is 89.0 Å². The van der Waals surface area contributed by atoms with Crippen molar-refractivity contribution in [2.75, 3.05) is 19.0 Å². The first kappa shape index (κ1) is 18.5. The molecule has 0 fully saturated rings. The first-order valence-electron chi connectivity index (χ1n) is 9.93. The number of benzene rings is 3. The third-order valence-electron chi connectivity index (χ3n) is 6.11. The van der Waals surface area contributed by atoms with Crippen molar-refractivity contribution in [2.24, 2.45) is 0 Å². The van der Waals surface area contributed by atoms with E-state index in [9.17, 15) is 0 Å². The lowest BCUT2D eigenvalue weighted by Crippen LogP contribution is -2.23. The van der Waals surface area contributed by atoms with Crippen molar-refractivity contribution in [1.29, 1.82) is 5.41 Å². The lowest BCUT2D eigenvalue weighted by Gasteiger charge is -2.31. The highest BCUT2D eigenvalue weighted by atomic mass is 15.1. The average Bonchev–Trinajstić information content (AvgIpc) is 3.01. The summed E-state index contributed by atoms with van der Waals surface area (Å²) in [4.78, 5) is 2.09. The van der Waals surface area contributed by atoms with E-state index >= 15 is 0 Å². The van der Waals surface area contributed by atoms with Crippen LogP contribution in [0.5, 0.6) is 0 Å². The molecule has 0 saturated carbocycles. The first-order valence-corrected chi connectivity index (χ1v) is 9.93. The van der Waals surface area contributed by atoms with Gasteiger partial charge in [0.1, 0.15) is 0 Å².